The number of Topliss-reactive ketones (excluding diaryl/α,β-unsaturated/α-hetero) is 1. The summed E-state index contributed by atoms with van der Waals surface area (Å²) in [5.74, 6) is -0.573. The Hall–Kier alpha value is -2.11. The molecular weight excluding hydrogens is 384 g/mol. The zero-order chi connectivity index (χ0) is 20.4. The molecule has 0 aliphatic carbocycles. The van der Waals surface area contributed by atoms with Gasteiger partial charge in [0, 0.05) is 11.0 Å². The highest BCUT2D eigenvalue weighted by molar-refractivity contribution is 7.86. The van der Waals surface area contributed by atoms with E-state index >= 15 is 0 Å². The Bertz CT molecular complexity index is 964. The van der Waals surface area contributed by atoms with E-state index in [2.05, 4.69) is 0 Å². The summed E-state index contributed by atoms with van der Waals surface area (Å²) in [6.45, 7) is 8.96. The topological polar surface area (TPSA) is 60.4 Å². The molecule has 0 aliphatic heterocycles. The second-order valence-corrected chi connectivity index (χ2v) is 9.36. The van der Waals surface area contributed by atoms with Crippen molar-refractivity contribution in [3.05, 3.63) is 76.0 Å². The normalized spacial score (nSPS) is 13.1. The number of hydrogen-bond acceptors (Lipinski definition) is 4. The average Bonchev–Trinajstić information content (AvgIpc) is 2.58. The first kappa shape index (κ1) is 21.2. The molecule has 4 nitrogen and oxygen atoms in total. The minimum absolute atomic E-state index is 0.00195. The number of aryl methyl sites for hydroxylation is 2. The molecule has 2 aromatic rings. The quantitative estimate of drug-likeness (QED) is 0.289. The summed E-state index contributed by atoms with van der Waals surface area (Å²) in [4.78, 5) is 12.7. The molecule has 0 heterocycles. The van der Waals surface area contributed by atoms with Gasteiger partial charge in [0.15, 0.2) is 0 Å². The van der Waals surface area contributed by atoms with Crippen LogP contribution < -0.4 is 0 Å². The van der Waals surface area contributed by atoms with E-state index in [4.69, 9.17) is 15.8 Å². The minimum atomic E-state index is -4.12. The zero-order valence-electron chi connectivity index (χ0n) is 16.0. The Labute approximate surface area is 165 Å². The predicted octanol–water partition coefficient (Wildman–Crippen LogP) is 5.39. The summed E-state index contributed by atoms with van der Waals surface area (Å²) in [6, 6.07) is 13.1. The summed E-state index contributed by atoms with van der Waals surface area (Å²) in [6.07, 6.45) is 0. The number of carbonyl (C=O) groups is 1. The molecule has 144 valence electrons. The van der Waals surface area contributed by atoms with Crippen LogP contribution in [0.5, 0.6) is 0 Å². The van der Waals surface area contributed by atoms with Crippen LogP contribution in [0.2, 0.25) is 0 Å². The Kier molecular flexibility index (Phi) is 6.17. The maximum absolute atomic E-state index is 12.7. The summed E-state index contributed by atoms with van der Waals surface area (Å²) < 4.78 is 30.7. The lowest BCUT2D eigenvalue weighted by Gasteiger charge is -2.24. The number of hydrogen-bond donors (Lipinski definition) is 0. The maximum atomic E-state index is 12.7. The molecule has 2 aromatic carbocycles. The fourth-order valence-corrected chi connectivity index (χ4v) is 3.88. The van der Waals surface area contributed by atoms with Crippen molar-refractivity contribution in [2.45, 2.75) is 39.5 Å². The van der Waals surface area contributed by atoms with Crippen LogP contribution in [0.25, 0.3) is 0 Å². The van der Waals surface area contributed by atoms with Crippen molar-refractivity contribution in [1.29, 1.82) is 0 Å². The van der Waals surface area contributed by atoms with Crippen molar-refractivity contribution in [3.8, 4) is 0 Å². The highest BCUT2D eigenvalue weighted by Gasteiger charge is 2.31. The van der Waals surface area contributed by atoms with Crippen molar-refractivity contribution < 1.29 is 17.4 Å². The lowest BCUT2D eigenvalue weighted by molar-refractivity contribution is 0.103. The number of allylic oxidation sites excluding steroid dienone is 2. The van der Waals surface area contributed by atoms with E-state index in [1.165, 1.54) is 12.1 Å². The van der Waals surface area contributed by atoms with Gasteiger partial charge in [0.05, 0.1) is 0 Å². The molecule has 0 saturated carbocycles. The molecule has 0 amide bonds. The number of ketones is 1. The SMILES string of the molecule is Cc1ccc(C(=O)/C(Cl)=C(\OS(=O)(=O)c2ccc(C)cc2)C(C)(C)C)cc1. The molecule has 27 heavy (non-hydrogen) atoms. The van der Waals surface area contributed by atoms with Gasteiger partial charge >= 0.3 is 10.1 Å². The van der Waals surface area contributed by atoms with Crippen LogP contribution in [0.1, 0.15) is 42.3 Å². The fourth-order valence-electron chi connectivity index (χ4n) is 2.29. The molecular formula is C21H23ClO4S. The van der Waals surface area contributed by atoms with Gasteiger partial charge in [0.1, 0.15) is 15.7 Å². The standard InChI is InChI=1S/C21H23ClO4S/c1-14-6-10-16(11-7-14)19(23)18(22)20(21(3,4)5)26-27(24,25)17-12-8-15(2)9-13-17/h6-13H,1-5H3/b20-18+. The third-order valence-corrected chi connectivity index (χ3v) is 5.48. The van der Waals surface area contributed by atoms with Crippen LogP contribution >= 0.6 is 11.6 Å². The van der Waals surface area contributed by atoms with Gasteiger partial charge in [0.25, 0.3) is 0 Å². The van der Waals surface area contributed by atoms with Gasteiger partial charge in [-0.3, -0.25) is 4.79 Å². The van der Waals surface area contributed by atoms with Gasteiger partial charge in [-0.05, 0) is 26.0 Å². The van der Waals surface area contributed by atoms with Crippen molar-refractivity contribution in [1.82, 2.24) is 0 Å². The second-order valence-electron chi connectivity index (χ2n) is 7.44. The summed E-state index contributed by atoms with van der Waals surface area (Å²) >= 11 is 6.32. The van der Waals surface area contributed by atoms with Crippen LogP contribution in [0.15, 0.2) is 64.2 Å². The van der Waals surface area contributed by atoms with Crippen molar-refractivity contribution in [2.24, 2.45) is 5.41 Å². The van der Waals surface area contributed by atoms with Crippen molar-refractivity contribution in [2.75, 3.05) is 0 Å². The number of benzene rings is 2. The Morgan fingerprint density at radius 1 is 0.889 bits per heavy atom. The summed E-state index contributed by atoms with van der Waals surface area (Å²) in [7, 11) is -4.12. The third kappa shape index (κ3) is 5.21. The fraction of sp³-hybridized carbons (Fsp3) is 0.286. The van der Waals surface area contributed by atoms with E-state index in [0.717, 1.165) is 11.1 Å². The second kappa shape index (κ2) is 7.87. The van der Waals surface area contributed by atoms with Gasteiger partial charge in [0.2, 0.25) is 5.78 Å². The molecule has 6 heteroatoms. The molecule has 0 aromatic heterocycles. The van der Waals surface area contributed by atoms with Crippen LogP contribution in [0, 0.1) is 19.3 Å². The molecule has 0 fully saturated rings. The Morgan fingerprint density at radius 3 is 1.78 bits per heavy atom. The van der Waals surface area contributed by atoms with Gasteiger partial charge in [-0.15, -0.1) is 0 Å². The minimum Gasteiger partial charge on any atom is -0.381 e. The number of carbonyl (C=O) groups excluding carboxylic acids is 1. The molecule has 0 radical (unpaired) electrons. The lowest BCUT2D eigenvalue weighted by Crippen LogP contribution is -2.20. The zero-order valence-corrected chi connectivity index (χ0v) is 17.6. The Balaban J connectivity index is 2.48. The molecule has 0 aliphatic rings. The molecule has 2 rings (SSSR count). The van der Waals surface area contributed by atoms with E-state index in [-0.39, 0.29) is 15.7 Å². The number of rotatable bonds is 5. The molecule has 0 atom stereocenters. The highest BCUT2D eigenvalue weighted by Crippen LogP contribution is 2.35. The van der Waals surface area contributed by atoms with E-state index in [1.54, 1.807) is 57.2 Å². The maximum Gasteiger partial charge on any atom is 0.338 e. The lowest BCUT2D eigenvalue weighted by atomic mass is 9.92. The van der Waals surface area contributed by atoms with Gasteiger partial charge in [-0.25, -0.2) is 0 Å². The smallest absolute Gasteiger partial charge is 0.338 e. The molecule has 0 saturated heterocycles. The van der Waals surface area contributed by atoms with Crippen molar-refractivity contribution in [3.63, 3.8) is 0 Å². The van der Waals surface area contributed by atoms with E-state index in [0.29, 0.717) is 5.56 Å². The van der Waals surface area contributed by atoms with E-state index in [9.17, 15) is 13.2 Å². The van der Waals surface area contributed by atoms with Crippen molar-refractivity contribution >= 4 is 27.5 Å². The molecule has 0 unspecified atom stereocenters. The van der Waals surface area contributed by atoms with Gasteiger partial charge in [-0.1, -0.05) is 79.9 Å². The van der Waals surface area contributed by atoms with E-state index < -0.39 is 21.3 Å². The van der Waals surface area contributed by atoms with Gasteiger partial charge < -0.3 is 4.18 Å². The van der Waals surface area contributed by atoms with Crippen LogP contribution in [-0.4, -0.2) is 14.2 Å². The highest BCUT2D eigenvalue weighted by atomic mass is 35.5. The monoisotopic (exact) mass is 406 g/mol. The van der Waals surface area contributed by atoms with E-state index in [1.807, 2.05) is 13.8 Å². The van der Waals surface area contributed by atoms with Crippen LogP contribution in [0.3, 0.4) is 0 Å². The first-order valence-electron chi connectivity index (χ1n) is 8.44. The molecule has 0 bridgehead atoms. The predicted molar refractivity (Wildman–Crippen MR) is 107 cm³/mol. The number of halogens is 1. The van der Waals surface area contributed by atoms with Gasteiger partial charge in [-0.2, -0.15) is 8.42 Å². The summed E-state index contributed by atoms with van der Waals surface area (Å²) in [5.41, 5.74) is 1.49. The largest absolute Gasteiger partial charge is 0.381 e. The van der Waals surface area contributed by atoms with Crippen LogP contribution in [-0.2, 0) is 14.3 Å². The summed E-state index contributed by atoms with van der Waals surface area (Å²) in [5, 5.41) is -0.248. The molecule has 0 spiro atoms. The first-order valence-corrected chi connectivity index (χ1v) is 10.2. The third-order valence-electron chi connectivity index (χ3n) is 3.90. The van der Waals surface area contributed by atoms with Crippen LogP contribution in [0.4, 0.5) is 0 Å². The Morgan fingerprint density at radius 2 is 1.33 bits per heavy atom. The first-order chi connectivity index (χ1) is 12.4. The molecule has 0 N–H and O–H groups in total. The average molecular weight is 407 g/mol.